The molecule has 0 aliphatic carbocycles. The lowest BCUT2D eigenvalue weighted by Crippen LogP contribution is -2.31. The number of hydrogen-bond acceptors (Lipinski definition) is 4. The average molecular weight is 197 g/mol. The normalized spacial score (nSPS) is 10.1. The van der Waals surface area contributed by atoms with Gasteiger partial charge in [0.05, 0.1) is 19.3 Å². The Morgan fingerprint density at radius 2 is 2.43 bits per heavy atom. The minimum Gasteiger partial charge on any atom is -0.444 e. The van der Waals surface area contributed by atoms with Crippen LogP contribution in [0, 0.1) is 0 Å². The van der Waals surface area contributed by atoms with Crippen molar-refractivity contribution in [2.75, 3.05) is 13.6 Å². The molecule has 0 unspecified atom stereocenters. The second-order valence-corrected chi connectivity index (χ2v) is 2.88. The minimum absolute atomic E-state index is 0.0660. The maximum Gasteiger partial charge on any atom is 0.234 e. The Hall–Kier alpha value is -1.36. The zero-order valence-electron chi connectivity index (χ0n) is 8.46. The standard InChI is InChI=1S/C9H15N3O2/c1-3-7-4-12-9(14-7)6-11-8(13)5-10-2/h4,10H,3,5-6H2,1-2H3,(H,11,13). The number of hydrogen-bond donors (Lipinski definition) is 2. The summed E-state index contributed by atoms with van der Waals surface area (Å²) in [6, 6.07) is 0. The Morgan fingerprint density at radius 3 is 3.00 bits per heavy atom. The van der Waals surface area contributed by atoms with Gasteiger partial charge in [0.25, 0.3) is 0 Å². The highest BCUT2D eigenvalue weighted by molar-refractivity contribution is 5.77. The Bertz CT molecular complexity index is 296. The molecule has 1 heterocycles. The molecule has 0 atom stereocenters. The maximum absolute atomic E-state index is 11.0. The van der Waals surface area contributed by atoms with Gasteiger partial charge >= 0.3 is 0 Å². The summed E-state index contributed by atoms with van der Waals surface area (Å²) in [5.41, 5.74) is 0. The van der Waals surface area contributed by atoms with E-state index in [4.69, 9.17) is 4.42 Å². The lowest BCUT2D eigenvalue weighted by molar-refractivity contribution is -0.120. The van der Waals surface area contributed by atoms with E-state index in [1.807, 2.05) is 6.92 Å². The highest BCUT2D eigenvalue weighted by Gasteiger charge is 2.04. The van der Waals surface area contributed by atoms with Crippen LogP contribution in [0.4, 0.5) is 0 Å². The fourth-order valence-electron chi connectivity index (χ4n) is 0.990. The molecule has 0 saturated carbocycles. The van der Waals surface area contributed by atoms with E-state index >= 15 is 0 Å². The number of carbonyl (C=O) groups excluding carboxylic acids is 1. The lowest BCUT2D eigenvalue weighted by Gasteiger charge is -2.00. The fraction of sp³-hybridized carbons (Fsp3) is 0.556. The van der Waals surface area contributed by atoms with E-state index in [2.05, 4.69) is 15.6 Å². The molecule has 0 aliphatic heterocycles. The molecule has 5 nitrogen and oxygen atoms in total. The largest absolute Gasteiger partial charge is 0.444 e. The van der Waals surface area contributed by atoms with Crippen LogP contribution in [-0.4, -0.2) is 24.5 Å². The van der Waals surface area contributed by atoms with Crippen LogP contribution in [0.15, 0.2) is 10.6 Å². The molecule has 1 aromatic heterocycles. The summed E-state index contributed by atoms with van der Waals surface area (Å²) in [4.78, 5) is 15.1. The summed E-state index contributed by atoms with van der Waals surface area (Å²) in [5.74, 6) is 1.32. The molecule has 0 spiro atoms. The average Bonchev–Trinajstić information content (AvgIpc) is 2.63. The summed E-state index contributed by atoms with van der Waals surface area (Å²) >= 11 is 0. The zero-order chi connectivity index (χ0) is 10.4. The van der Waals surface area contributed by atoms with Crippen molar-refractivity contribution in [2.45, 2.75) is 19.9 Å². The van der Waals surface area contributed by atoms with Crippen molar-refractivity contribution in [2.24, 2.45) is 0 Å². The van der Waals surface area contributed by atoms with Crippen LogP contribution >= 0.6 is 0 Å². The topological polar surface area (TPSA) is 67.2 Å². The van der Waals surface area contributed by atoms with Gasteiger partial charge in [-0.2, -0.15) is 0 Å². The fourth-order valence-corrected chi connectivity index (χ4v) is 0.990. The quantitative estimate of drug-likeness (QED) is 0.701. The monoisotopic (exact) mass is 197 g/mol. The molecule has 1 amide bonds. The molecule has 0 aromatic carbocycles. The van der Waals surface area contributed by atoms with Gasteiger partial charge in [0.1, 0.15) is 5.76 Å². The van der Waals surface area contributed by atoms with Gasteiger partial charge in [0.2, 0.25) is 11.8 Å². The van der Waals surface area contributed by atoms with Crippen molar-refractivity contribution in [1.82, 2.24) is 15.6 Å². The van der Waals surface area contributed by atoms with E-state index in [0.717, 1.165) is 12.2 Å². The second-order valence-electron chi connectivity index (χ2n) is 2.88. The van der Waals surface area contributed by atoms with Crippen molar-refractivity contribution in [3.63, 3.8) is 0 Å². The van der Waals surface area contributed by atoms with E-state index < -0.39 is 0 Å². The number of amides is 1. The Labute approximate surface area is 82.9 Å². The first-order valence-electron chi connectivity index (χ1n) is 4.61. The first-order valence-corrected chi connectivity index (χ1v) is 4.61. The molecule has 1 aromatic rings. The number of aromatic nitrogens is 1. The summed E-state index contributed by atoms with van der Waals surface area (Å²) in [6.07, 6.45) is 2.50. The molecule has 0 fully saturated rings. The lowest BCUT2D eigenvalue weighted by atomic mass is 10.4. The number of likely N-dealkylation sites (N-methyl/N-ethyl adjacent to an activating group) is 1. The van der Waals surface area contributed by atoms with E-state index in [1.165, 1.54) is 0 Å². The molecule has 0 aliphatic rings. The van der Waals surface area contributed by atoms with Crippen LogP contribution in [0.2, 0.25) is 0 Å². The van der Waals surface area contributed by atoms with Crippen molar-refractivity contribution < 1.29 is 9.21 Å². The molecule has 2 N–H and O–H groups in total. The Kier molecular flexibility index (Phi) is 4.12. The second kappa shape index (κ2) is 5.39. The number of nitrogens with one attached hydrogen (secondary N) is 2. The summed E-state index contributed by atoms with van der Waals surface area (Å²) in [6.45, 7) is 2.64. The van der Waals surface area contributed by atoms with Crippen molar-refractivity contribution in [3.8, 4) is 0 Å². The smallest absolute Gasteiger partial charge is 0.234 e. The predicted octanol–water partition coefficient (Wildman–Crippen LogP) is 0.0726. The van der Waals surface area contributed by atoms with Crippen LogP contribution in [-0.2, 0) is 17.8 Å². The number of rotatable bonds is 5. The highest BCUT2D eigenvalue weighted by Crippen LogP contribution is 2.03. The van der Waals surface area contributed by atoms with Gasteiger partial charge in [0.15, 0.2) is 0 Å². The van der Waals surface area contributed by atoms with Gasteiger partial charge in [-0.1, -0.05) is 6.92 Å². The van der Waals surface area contributed by atoms with Crippen LogP contribution < -0.4 is 10.6 Å². The van der Waals surface area contributed by atoms with Crippen molar-refractivity contribution in [1.29, 1.82) is 0 Å². The Balaban J connectivity index is 2.34. The minimum atomic E-state index is -0.0660. The molecular formula is C9H15N3O2. The van der Waals surface area contributed by atoms with E-state index in [1.54, 1.807) is 13.2 Å². The number of nitrogens with zero attached hydrogens (tertiary/aromatic N) is 1. The number of carbonyl (C=O) groups is 1. The van der Waals surface area contributed by atoms with Crippen LogP contribution in [0.25, 0.3) is 0 Å². The van der Waals surface area contributed by atoms with Gasteiger partial charge in [-0.05, 0) is 7.05 Å². The van der Waals surface area contributed by atoms with Crippen LogP contribution in [0.5, 0.6) is 0 Å². The summed E-state index contributed by atoms with van der Waals surface area (Å²) in [7, 11) is 1.72. The molecule has 0 radical (unpaired) electrons. The molecule has 1 rings (SSSR count). The van der Waals surface area contributed by atoms with Crippen LogP contribution in [0.1, 0.15) is 18.6 Å². The van der Waals surface area contributed by atoms with Crippen molar-refractivity contribution >= 4 is 5.91 Å². The number of oxazole rings is 1. The van der Waals surface area contributed by atoms with Gasteiger partial charge < -0.3 is 15.1 Å². The van der Waals surface area contributed by atoms with E-state index in [0.29, 0.717) is 19.0 Å². The SMILES string of the molecule is CCc1cnc(CNC(=O)CNC)o1. The summed E-state index contributed by atoms with van der Waals surface area (Å²) < 4.78 is 5.32. The van der Waals surface area contributed by atoms with E-state index in [-0.39, 0.29) is 5.91 Å². The third-order valence-electron chi connectivity index (χ3n) is 1.72. The molecular weight excluding hydrogens is 182 g/mol. The first-order chi connectivity index (χ1) is 6.76. The van der Waals surface area contributed by atoms with Crippen LogP contribution in [0.3, 0.4) is 0 Å². The predicted molar refractivity (Wildman–Crippen MR) is 51.7 cm³/mol. The van der Waals surface area contributed by atoms with Gasteiger partial charge in [0, 0.05) is 6.42 Å². The van der Waals surface area contributed by atoms with Crippen molar-refractivity contribution in [3.05, 3.63) is 17.8 Å². The third kappa shape index (κ3) is 3.18. The molecule has 0 saturated heterocycles. The summed E-state index contributed by atoms with van der Waals surface area (Å²) in [5, 5.41) is 5.44. The molecule has 78 valence electrons. The molecule has 0 bridgehead atoms. The molecule has 14 heavy (non-hydrogen) atoms. The highest BCUT2D eigenvalue weighted by atomic mass is 16.4. The number of aryl methyl sites for hydroxylation is 1. The van der Waals surface area contributed by atoms with E-state index in [9.17, 15) is 4.79 Å². The molecule has 5 heteroatoms. The maximum atomic E-state index is 11.0. The van der Waals surface area contributed by atoms with Gasteiger partial charge in [-0.15, -0.1) is 0 Å². The van der Waals surface area contributed by atoms with Gasteiger partial charge in [-0.25, -0.2) is 4.98 Å². The Morgan fingerprint density at radius 1 is 1.64 bits per heavy atom. The van der Waals surface area contributed by atoms with Gasteiger partial charge in [-0.3, -0.25) is 4.79 Å². The first kappa shape index (κ1) is 10.7. The third-order valence-corrected chi connectivity index (χ3v) is 1.72. The zero-order valence-corrected chi connectivity index (χ0v) is 8.46.